The first-order chi connectivity index (χ1) is 14.0. The maximum absolute atomic E-state index is 12.9. The average molecular weight is 409 g/mol. The third kappa shape index (κ3) is 4.50. The number of hydrogen-bond acceptors (Lipinski definition) is 3. The first kappa shape index (κ1) is 20.0. The highest BCUT2D eigenvalue weighted by Crippen LogP contribution is 2.37. The molecule has 0 aromatic heterocycles. The fourth-order valence-corrected chi connectivity index (χ4v) is 5.06. The molecule has 0 saturated heterocycles. The minimum atomic E-state index is -0.0359. The summed E-state index contributed by atoms with van der Waals surface area (Å²) in [7, 11) is 0. The first-order valence-corrected chi connectivity index (χ1v) is 11.4. The van der Waals surface area contributed by atoms with E-state index in [1.54, 1.807) is 11.8 Å². The van der Waals surface area contributed by atoms with Gasteiger partial charge in [0.25, 0.3) is 5.91 Å². The van der Waals surface area contributed by atoms with Gasteiger partial charge in [0.2, 0.25) is 5.91 Å². The second kappa shape index (κ2) is 8.62. The van der Waals surface area contributed by atoms with Crippen LogP contribution in [0, 0.1) is 12.8 Å². The van der Waals surface area contributed by atoms with E-state index in [1.807, 2.05) is 35.2 Å². The Bertz CT molecular complexity index is 919. The molecule has 1 saturated carbocycles. The molecule has 0 radical (unpaired) electrons. The fraction of sp³-hybridized carbons (Fsp3) is 0.417. The van der Waals surface area contributed by atoms with Crippen LogP contribution in [0.25, 0.3) is 0 Å². The summed E-state index contributed by atoms with van der Waals surface area (Å²) >= 11 is 1.55. The number of aryl methyl sites for hydroxylation is 1. The number of amides is 2. The molecule has 1 aliphatic carbocycles. The summed E-state index contributed by atoms with van der Waals surface area (Å²) < 4.78 is 0. The van der Waals surface area contributed by atoms with E-state index in [2.05, 4.69) is 31.3 Å². The Morgan fingerprint density at radius 3 is 2.66 bits per heavy atom. The minimum absolute atomic E-state index is 0.0359. The van der Waals surface area contributed by atoms with Gasteiger partial charge in [-0.2, -0.15) is 0 Å². The zero-order valence-electron chi connectivity index (χ0n) is 17.1. The number of fused-ring (bicyclic) bond motifs is 1. The molecular weight excluding hydrogens is 380 g/mol. The largest absolute Gasteiger partial charge is 0.349 e. The molecule has 2 aliphatic rings. The molecule has 1 aliphatic heterocycles. The lowest BCUT2D eigenvalue weighted by Gasteiger charge is -2.30. The summed E-state index contributed by atoms with van der Waals surface area (Å²) in [5.74, 6) is 1.24. The van der Waals surface area contributed by atoms with E-state index in [4.69, 9.17) is 0 Å². The lowest BCUT2D eigenvalue weighted by molar-refractivity contribution is -0.116. The van der Waals surface area contributed by atoms with Gasteiger partial charge in [0.15, 0.2) is 0 Å². The molecule has 152 valence electrons. The Morgan fingerprint density at radius 2 is 1.90 bits per heavy atom. The summed E-state index contributed by atoms with van der Waals surface area (Å²) in [5, 5.41) is 3.20. The van der Waals surface area contributed by atoms with Crippen LogP contribution in [0.1, 0.15) is 54.1 Å². The predicted octanol–water partition coefficient (Wildman–Crippen LogP) is 4.94. The summed E-state index contributed by atoms with van der Waals surface area (Å²) in [6, 6.07) is 14.1. The second-order valence-corrected chi connectivity index (χ2v) is 9.32. The third-order valence-electron chi connectivity index (χ3n) is 6.10. The zero-order valence-corrected chi connectivity index (χ0v) is 17.9. The molecule has 2 aromatic carbocycles. The summed E-state index contributed by atoms with van der Waals surface area (Å²) in [5.41, 5.74) is 3.78. The van der Waals surface area contributed by atoms with E-state index >= 15 is 0 Å². The summed E-state index contributed by atoms with van der Waals surface area (Å²) in [6.07, 6.45) is 4.44. The number of nitrogens with zero attached hydrogens (tertiary/aromatic N) is 1. The van der Waals surface area contributed by atoms with Gasteiger partial charge in [-0.3, -0.25) is 9.59 Å². The summed E-state index contributed by atoms with van der Waals surface area (Å²) in [4.78, 5) is 28.4. The Morgan fingerprint density at radius 1 is 1.14 bits per heavy atom. The van der Waals surface area contributed by atoms with Crippen molar-refractivity contribution in [1.82, 2.24) is 5.32 Å². The average Bonchev–Trinajstić information content (AvgIpc) is 2.73. The van der Waals surface area contributed by atoms with Crippen molar-refractivity contribution in [2.45, 2.75) is 57.0 Å². The fourth-order valence-electron chi connectivity index (χ4n) is 4.15. The van der Waals surface area contributed by atoms with Crippen molar-refractivity contribution in [2.24, 2.45) is 5.92 Å². The van der Waals surface area contributed by atoms with Gasteiger partial charge in [0, 0.05) is 16.5 Å². The van der Waals surface area contributed by atoms with Crippen LogP contribution in [-0.4, -0.2) is 23.6 Å². The van der Waals surface area contributed by atoms with Gasteiger partial charge < -0.3 is 10.2 Å². The predicted molar refractivity (Wildman–Crippen MR) is 118 cm³/mol. The Balaban J connectivity index is 1.55. The van der Waals surface area contributed by atoms with Crippen LogP contribution in [0.5, 0.6) is 0 Å². The highest BCUT2D eigenvalue weighted by molar-refractivity contribution is 8.00. The molecule has 29 heavy (non-hydrogen) atoms. The van der Waals surface area contributed by atoms with E-state index in [1.165, 1.54) is 18.4 Å². The standard InChI is InChI=1S/C24H28N2O2S/c1-16-7-10-20(11-8-16)25-24(28)18-9-12-22-21(13-18)26(23(27)15-29-22)14-19-6-4-3-5-17(19)2/h3-6,9,12-13,16,20H,7-8,10-11,14-15H2,1-2H3,(H,25,28). The van der Waals surface area contributed by atoms with Crippen molar-refractivity contribution in [2.75, 3.05) is 10.7 Å². The molecule has 0 spiro atoms. The van der Waals surface area contributed by atoms with Crippen LogP contribution in [0.2, 0.25) is 0 Å². The second-order valence-electron chi connectivity index (χ2n) is 8.31. The Kier molecular flexibility index (Phi) is 5.95. The topological polar surface area (TPSA) is 49.4 Å². The van der Waals surface area contributed by atoms with Crippen molar-refractivity contribution >= 4 is 29.3 Å². The van der Waals surface area contributed by atoms with Gasteiger partial charge in [-0.15, -0.1) is 11.8 Å². The molecular formula is C24H28N2O2S. The minimum Gasteiger partial charge on any atom is -0.349 e. The van der Waals surface area contributed by atoms with Crippen LogP contribution in [-0.2, 0) is 11.3 Å². The van der Waals surface area contributed by atoms with Crippen molar-refractivity contribution in [3.63, 3.8) is 0 Å². The van der Waals surface area contributed by atoms with E-state index in [-0.39, 0.29) is 17.9 Å². The van der Waals surface area contributed by atoms with Gasteiger partial charge in [0.1, 0.15) is 0 Å². The quantitative estimate of drug-likeness (QED) is 0.779. The third-order valence-corrected chi connectivity index (χ3v) is 7.15. The molecule has 1 N–H and O–H groups in total. The van der Waals surface area contributed by atoms with E-state index in [9.17, 15) is 9.59 Å². The van der Waals surface area contributed by atoms with E-state index < -0.39 is 0 Å². The van der Waals surface area contributed by atoms with Crippen LogP contribution in [0.3, 0.4) is 0 Å². The van der Waals surface area contributed by atoms with E-state index in [0.717, 1.165) is 34.9 Å². The van der Waals surface area contributed by atoms with Crippen molar-refractivity contribution in [1.29, 1.82) is 0 Å². The smallest absolute Gasteiger partial charge is 0.251 e. The lowest BCUT2D eigenvalue weighted by atomic mass is 9.87. The number of carbonyl (C=O) groups excluding carboxylic acids is 2. The molecule has 2 amide bonds. The van der Waals surface area contributed by atoms with Gasteiger partial charge in [-0.1, -0.05) is 31.2 Å². The van der Waals surface area contributed by atoms with Crippen LogP contribution >= 0.6 is 11.8 Å². The number of anilines is 1. The van der Waals surface area contributed by atoms with Crippen molar-refractivity contribution in [3.8, 4) is 0 Å². The Hall–Kier alpha value is -2.27. The maximum atomic E-state index is 12.9. The molecule has 0 bridgehead atoms. The lowest BCUT2D eigenvalue weighted by Crippen LogP contribution is -2.38. The highest BCUT2D eigenvalue weighted by atomic mass is 32.2. The SMILES string of the molecule is Cc1ccccc1CN1C(=O)CSc2ccc(C(=O)NC3CCC(C)CC3)cc21. The zero-order chi connectivity index (χ0) is 20.4. The van der Waals surface area contributed by atoms with Crippen LogP contribution in [0.4, 0.5) is 5.69 Å². The molecule has 0 unspecified atom stereocenters. The molecule has 5 heteroatoms. The number of rotatable bonds is 4. The summed E-state index contributed by atoms with van der Waals surface area (Å²) in [6.45, 7) is 4.87. The van der Waals surface area contributed by atoms with Gasteiger partial charge in [-0.25, -0.2) is 0 Å². The van der Waals surface area contributed by atoms with Gasteiger partial charge in [0.05, 0.1) is 18.0 Å². The number of benzene rings is 2. The molecule has 1 fully saturated rings. The molecule has 0 atom stereocenters. The first-order valence-electron chi connectivity index (χ1n) is 10.4. The van der Waals surface area contributed by atoms with Crippen molar-refractivity contribution < 1.29 is 9.59 Å². The van der Waals surface area contributed by atoms with Crippen LogP contribution in [0.15, 0.2) is 47.4 Å². The molecule has 1 heterocycles. The van der Waals surface area contributed by atoms with Gasteiger partial charge >= 0.3 is 0 Å². The number of thioether (sulfide) groups is 1. The van der Waals surface area contributed by atoms with Gasteiger partial charge in [-0.05, 0) is 67.9 Å². The molecule has 2 aromatic rings. The Labute approximate surface area is 177 Å². The highest BCUT2D eigenvalue weighted by Gasteiger charge is 2.27. The normalized spacial score (nSPS) is 21.6. The van der Waals surface area contributed by atoms with Crippen LogP contribution < -0.4 is 10.2 Å². The molecule has 4 nitrogen and oxygen atoms in total. The number of hydrogen-bond donors (Lipinski definition) is 1. The number of carbonyl (C=O) groups is 2. The maximum Gasteiger partial charge on any atom is 0.251 e. The monoisotopic (exact) mass is 408 g/mol. The molecule has 4 rings (SSSR count). The van der Waals surface area contributed by atoms with E-state index in [0.29, 0.717) is 17.9 Å². The number of nitrogens with one attached hydrogen (secondary N) is 1. The van der Waals surface area contributed by atoms with Crippen molar-refractivity contribution in [3.05, 3.63) is 59.2 Å².